The van der Waals surface area contributed by atoms with Crippen molar-refractivity contribution in [3.63, 3.8) is 0 Å². The highest BCUT2D eigenvalue weighted by Gasteiger charge is 2.20. The number of anilines is 2. The highest BCUT2D eigenvalue weighted by Crippen LogP contribution is 2.24. The number of ether oxygens (including phenoxy) is 1. The van der Waals surface area contributed by atoms with E-state index in [1.807, 2.05) is 24.3 Å². The van der Waals surface area contributed by atoms with Crippen LogP contribution in [-0.4, -0.2) is 29.7 Å². The molecule has 1 aromatic carbocycles. The van der Waals surface area contributed by atoms with Gasteiger partial charge in [-0.05, 0) is 31.5 Å². The molecule has 23 heavy (non-hydrogen) atoms. The zero-order valence-electron chi connectivity index (χ0n) is 13.3. The molecule has 0 spiro atoms. The van der Waals surface area contributed by atoms with Gasteiger partial charge in [-0.25, -0.2) is 9.37 Å². The first kappa shape index (κ1) is 15.8. The van der Waals surface area contributed by atoms with E-state index in [4.69, 9.17) is 4.74 Å². The van der Waals surface area contributed by atoms with Gasteiger partial charge in [0.05, 0.1) is 30.8 Å². The Hall–Kier alpha value is -2.05. The second kappa shape index (κ2) is 6.60. The Bertz CT molecular complexity index is 631. The molecule has 6 heteroatoms. The second-order valence-electron chi connectivity index (χ2n) is 6.07. The fraction of sp³-hybridized carbons (Fsp3) is 0.412. The summed E-state index contributed by atoms with van der Waals surface area (Å²) in [5.74, 6) is 0.585. The van der Waals surface area contributed by atoms with E-state index in [1.54, 1.807) is 6.20 Å². The number of aromatic nitrogens is 2. The highest BCUT2D eigenvalue weighted by atomic mass is 19.1. The molecule has 0 aliphatic carbocycles. The van der Waals surface area contributed by atoms with Crippen molar-refractivity contribution in [1.82, 2.24) is 15.3 Å². The van der Waals surface area contributed by atoms with Crippen molar-refractivity contribution in [2.45, 2.75) is 25.6 Å². The third-order valence-corrected chi connectivity index (χ3v) is 3.74. The third-order valence-electron chi connectivity index (χ3n) is 3.74. The molecule has 0 amide bonds. The summed E-state index contributed by atoms with van der Waals surface area (Å²) < 4.78 is 19.5. The lowest BCUT2D eigenvalue weighted by atomic mass is 10.1. The smallest absolute Gasteiger partial charge is 0.148 e. The van der Waals surface area contributed by atoms with Crippen molar-refractivity contribution in [2.75, 3.05) is 25.0 Å². The van der Waals surface area contributed by atoms with E-state index in [0.717, 1.165) is 30.9 Å². The molecule has 2 aromatic rings. The van der Waals surface area contributed by atoms with E-state index >= 15 is 0 Å². The van der Waals surface area contributed by atoms with Gasteiger partial charge in [-0.1, -0.05) is 12.1 Å². The van der Waals surface area contributed by atoms with Gasteiger partial charge in [0.25, 0.3) is 0 Å². The molecule has 1 aliphatic rings. The molecule has 3 rings (SSSR count). The minimum Gasteiger partial charge on any atom is -0.371 e. The van der Waals surface area contributed by atoms with Gasteiger partial charge < -0.3 is 15.4 Å². The molecular weight excluding hydrogens is 295 g/mol. The predicted molar refractivity (Wildman–Crippen MR) is 87.5 cm³/mol. The summed E-state index contributed by atoms with van der Waals surface area (Å²) in [5, 5.41) is 6.48. The fourth-order valence-corrected chi connectivity index (χ4v) is 2.41. The molecule has 0 bridgehead atoms. The maximum absolute atomic E-state index is 13.8. The first-order valence-corrected chi connectivity index (χ1v) is 7.73. The number of benzene rings is 1. The summed E-state index contributed by atoms with van der Waals surface area (Å²) in [6.07, 6.45) is 3.10. The lowest BCUT2D eigenvalue weighted by molar-refractivity contribution is 0.0277. The molecule has 5 nitrogen and oxygen atoms in total. The van der Waals surface area contributed by atoms with Gasteiger partial charge in [-0.3, -0.25) is 4.98 Å². The monoisotopic (exact) mass is 316 g/mol. The van der Waals surface area contributed by atoms with Crippen molar-refractivity contribution in [3.8, 4) is 0 Å². The number of morpholine rings is 1. The molecule has 0 unspecified atom stereocenters. The molecule has 2 N–H and O–H groups in total. The summed E-state index contributed by atoms with van der Waals surface area (Å²) in [5.41, 5.74) is 0.879. The van der Waals surface area contributed by atoms with Crippen LogP contribution in [0.25, 0.3) is 0 Å². The van der Waals surface area contributed by atoms with Gasteiger partial charge in [0.1, 0.15) is 11.5 Å². The Balaban J connectivity index is 1.66. The Kier molecular flexibility index (Phi) is 4.54. The zero-order valence-corrected chi connectivity index (χ0v) is 13.3. The summed E-state index contributed by atoms with van der Waals surface area (Å²) in [6.45, 7) is 5.40. The number of alkyl halides is 1. The minimum absolute atomic E-state index is 0.101. The molecule has 0 saturated carbocycles. The van der Waals surface area contributed by atoms with Crippen LogP contribution in [-0.2, 0) is 10.4 Å². The second-order valence-corrected chi connectivity index (χ2v) is 6.07. The summed E-state index contributed by atoms with van der Waals surface area (Å²) in [6, 6.07) is 8.02. The maximum Gasteiger partial charge on any atom is 0.148 e. The molecule has 1 saturated heterocycles. The molecule has 1 aromatic heterocycles. The van der Waals surface area contributed by atoms with Crippen molar-refractivity contribution >= 4 is 11.5 Å². The quantitative estimate of drug-likeness (QED) is 0.908. The molecule has 122 valence electrons. The van der Waals surface area contributed by atoms with Gasteiger partial charge in [0.2, 0.25) is 0 Å². The number of hydrogen-bond acceptors (Lipinski definition) is 5. The lowest BCUT2D eigenvalue weighted by Gasteiger charge is -2.24. The summed E-state index contributed by atoms with van der Waals surface area (Å²) in [4.78, 5) is 8.31. The van der Waals surface area contributed by atoms with E-state index in [9.17, 15) is 4.39 Å². The van der Waals surface area contributed by atoms with Crippen LogP contribution in [0.1, 0.15) is 31.2 Å². The van der Waals surface area contributed by atoms with Crippen molar-refractivity contribution < 1.29 is 9.13 Å². The molecule has 1 atom stereocenters. The highest BCUT2D eigenvalue weighted by molar-refractivity contribution is 5.55. The van der Waals surface area contributed by atoms with Crippen LogP contribution < -0.4 is 10.6 Å². The van der Waals surface area contributed by atoms with Crippen LogP contribution in [0.5, 0.6) is 0 Å². The lowest BCUT2D eigenvalue weighted by Crippen LogP contribution is -2.33. The Morgan fingerprint density at radius 2 is 2.00 bits per heavy atom. The normalized spacial score (nSPS) is 18.7. The van der Waals surface area contributed by atoms with Gasteiger partial charge >= 0.3 is 0 Å². The van der Waals surface area contributed by atoms with Crippen molar-refractivity contribution in [3.05, 3.63) is 47.9 Å². The Morgan fingerprint density at radius 1 is 1.22 bits per heavy atom. The zero-order chi connectivity index (χ0) is 16.3. The van der Waals surface area contributed by atoms with E-state index in [0.29, 0.717) is 11.5 Å². The third kappa shape index (κ3) is 4.03. The molecule has 0 radical (unpaired) electrons. The largest absolute Gasteiger partial charge is 0.371 e. The van der Waals surface area contributed by atoms with Crippen LogP contribution in [0.3, 0.4) is 0 Å². The number of hydrogen-bond donors (Lipinski definition) is 2. The van der Waals surface area contributed by atoms with Crippen LogP contribution in [0, 0.1) is 0 Å². The Morgan fingerprint density at radius 3 is 2.57 bits per heavy atom. The fourth-order valence-electron chi connectivity index (χ4n) is 2.41. The average molecular weight is 316 g/mol. The van der Waals surface area contributed by atoms with E-state index in [1.165, 1.54) is 20.0 Å². The molecular formula is C17H21FN4O. The standard InChI is InChI=1S/C17H21FN4O/c1-17(2,18)15-10-21-16(11-20-15)22-13-5-3-12(4-6-13)14-9-19-7-8-23-14/h3-6,10-11,14,19H,7-9H2,1-2H3,(H,21,22)/t14-/m1/s1. The topological polar surface area (TPSA) is 59.1 Å². The predicted octanol–water partition coefficient (Wildman–Crippen LogP) is 3.09. The average Bonchev–Trinajstić information content (AvgIpc) is 2.56. The van der Waals surface area contributed by atoms with Crippen molar-refractivity contribution in [2.24, 2.45) is 0 Å². The van der Waals surface area contributed by atoms with Crippen LogP contribution in [0.4, 0.5) is 15.9 Å². The number of nitrogens with one attached hydrogen (secondary N) is 2. The number of halogens is 1. The van der Waals surface area contributed by atoms with E-state index < -0.39 is 5.67 Å². The first-order valence-electron chi connectivity index (χ1n) is 7.73. The molecule has 2 heterocycles. The van der Waals surface area contributed by atoms with Crippen LogP contribution in [0.15, 0.2) is 36.7 Å². The van der Waals surface area contributed by atoms with Crippen molar-refractivity contribution in [1.29, 1.82) is 0 Å². The number of rotatable bonds is 4. The summed E-state index contributed by atoms with van der Waals surface area (Å²) >= 11 is 0. The van der Waals surface area contributed by atoms with E-state index in [-0.39, 0.29) is 6.10 Å². The SMILES string of the molecule is CC(C)(F)c1cnc(Nc2ccc([C@H]3CNCCO3)cc2)cn1. The van der Waals surface area contributed by atoms with Gasteiger partial charge in [-0.15, -0.1) is 0 Å². The first-order chi connectivity index (χ1) is 11.0. The Labute approximate surface area is 135 Å². The van der Waals surface area contributed by atoms with Gasteiger partial charge in [0, 0.05) is 18.8 Å². The molecule has 1 fully saturated rings. The van der Waals surface area contributed by atoms with Crippen LogP contribution >= 0.6 is 0 Å². The number of nitrogens with zero attached hydrogens (tertiary/aromatic N) is 2. The van der Waals surface area contributed by atoms with Gasteiger partial charge in [0.15, 0.2) is 0 Å². The van der Waals surface area contributed by atoms with E-state index in [2.05, 4.69) is 20.6 Å². The summed E-state index contributed by atoms with van der Waals surface area (Å²) in [7, 11) is 0. The van der Waals surface area contributed by atoms with Gasteiger partial charge in [-0.2, -0.15) is 0 Å². The minimum atomic E-state index is -1.48. The van der Waals surface area contributed by atoms with Crippen LogP contribution in [0.2, 0.25) is 0 Å². The maximum atomic E-state index is 13.8. The molecule has 1 aliphatic heterocycles.